The van der Waals surface area contributed by atoms with E-state index in [1.807, 2.05) is 0 Å². The Morgan fingerprint density at radius 2 is 1.85 bits per heavy atom. The van der Waals surface area contributed by atoms with Gasteiger partial charge in [0, 0.05) is 17.7 Å². The maximum Gasteiger partial charge on any atom is 0.361 e. The van der Waals surface area contributed by atoms with Gasteiger partial charge in [0.25, 0.3) is 0 Å². The number of aromatic amines is 1. The second-order valence-electron chi connectivity index (χ2n) is 5.43. The average Bonchev–Trinajstić information content (AvgIpc) is 3.15. The smallest absolute Gasteiger partial charge is 0.361 e. The lowest BCUT2D eigenvalue weighted by molar-refractivity contribution is 0.0520. The summed E-state index contributed by atoms with van der Waals surface area (Å²) in [6.07, 6.45) is 0. The lowest BCUT2D eigenvalue weighted by atomic mass is 10.1. The number of hydrogen-bond donors (Lipinski definition) is 1. The van der Waals surface area contributed by atoms with Crippen LogP contribution in [0.5, 0.6) is 5.75 Å². The highest BCUT2D eigenvalue weighted by Crippen LogP contribution is 2.23. The second kappa shape index (κ2) is 7.90. The van der Waals surface area contributed by atoms with Crippen LogP contribution in [0, 0.1) is 17.5 Å². The Labute approximate surface area is 151 Å². The van der Waals surface area contributed by atoms with Crippen molar-refractivity contribution in [1.29, 1.82) is 0 Å². The van der Waals surface area contributed by atoms with Crippen molar-refractivity contribution in [3.8, 4) is 17.0 Å². The second-order valence-corrected chi connectivity index (χ2v) is 5.43. The van der Waals surface area contributed by atoms with Gasteiger partial charge in [-0.1, -0.05) is 18.2 Å². The van der Waals surface area contributed by atoms with Gasteiger partial charge in [-0.3, -0.25) is 0 Å². The molecule has 140 valence electrons. The Balaban J connectivity index is 1.79. The van der Waals surface area contributed by atoms with E-state index >= 15 is 0 Å². The van der Waals surface area contributed by atoms with E-state index in [2.05, 4.69) is 15.4 Å². The van der Waals surface area contributed by atoms with Crippen molar-refractivity contribution < 1.29 is 27.4 Å². The van der Waals surface area contributed by atoms with Crippen molar-refractivity contribution in [2.75, 3.05) is 6.61 Å². The Kier molecular flexibility index (Phi) is 5.39. The maximum absolute atomic E-state index is 13.2. The van der Waals surface area contributed by atoms with E-state index in [1.165, 1.54) is 0 Å². The number of esters is 1. The van der Waals surface area contributed by atoms with Crippen molar-refractivity contribution in [3.05, 3.63) is 65.1 Å². The Morgan fingerprint density at radius 3 is 2.56 bits per heavy atom. The number of hydrogen-bond acceptors (Lipinski definition) is 5. The van der Waals surface area contributed by atoms with Gasteiger partial charge in [-0.25, -0.2) is 18.0 Å². The van der Waals surface area contributed by atoms with Crippen molar-refractivity contribution in [2.45, 2.75) is 13.5 Å². The lowest BCUT2D eigenvalue weighted by Gasteiger charge is -2.08. The highest BCUT2D eigenvalue weighted by atomic mass is 19.2. The van der Waals surface area contributed by atoms with Crippen LogP contribution in [0.1, 0.15) is 23.0 Å². The third-order valence-corrected chi connectivity index (χ3v) is 3.58. The number of carbonyl (C=O) groups excluding carboxylic acids is 1. The lowest BCUT2D eigenvalue weighted by Crippen LogP contribution is -2.07. The Morgan fingerprint density at radius 1 is 1.11 bits per heavy atom. The number of halogens is 3. The third kappa shape index (κ3) is 4.08. The molecule has 3 aromatic rings. The molecule has 2 aromatic carbocycles. The molecule has 0 spiro atoms. The molecule has 0 aliphatic rings. The van der Waals surface area contributed by atoms with Crippen LogP contribution in [0.25, 0.3) is 11.3 Å². The van der Waals surface area contributed by atoms with Crippen LogP contribution in [0.3, 0.4) is 0 Å². The molecule has 1 heterocycles. The van der Waals surface area contributed by atoms with E-state index in [0.29, 0.717) is 16.8 Å². The molecule has 0 saturated heterocycles. The molecule has 0 unspecified atom stereocenters. The first-order valence-corrected chi connectivity index (χ1v) is 7.94. The fourth-order valence-corrected chi connectivity index (χ4v) is 2.36. The minimum Gasteiger partial charge on any atom is -0.489 e. The molecular weight excluding hydrogens is 363 g/mol. The Hall–Kier alpha value is -3.36. The molecule has 1 aromatic heterocycles. The molecule has 27 heavy (non-hydrogen) atoms. The van der Waals surface area contributed by atoms with Crippen LogP contribution in [0.4, 0.5) is 13.2 Å². The molecule has 0 aliphatic heterocycles. The molecule has 0 atom stereocenters. The molecule has 6 nitrogen and oxygen atoms in total. The number of H-pyrrole nitrogens is 1. The van der Waals surface area contributed by atoms with Gasteiger partial charge in [0.2, 0.25) is 0 Å². The highest BCUT2D eigenvalue weighted by Gasteiger charge is 2.19. The Bertz CT molecular complexity index is 952. The number of aromatic nitrogens is 3. The highest BCUT2D eigenvalue weighted by molar-refractivity contribution is 5.93. The molecule has 0 saturated carbocycles. The van der Waals surface area contributed by atoms with E-state index in [0.717, 1.165) is 12.1 Å². The predicted octanol–water partition coefficient (Wildman–Crippen LogP) is 3.64. The summed E-state index contributed by atoms with van der Waals surface area (Å²) >= 11 is 0. The summed E-state index contributed by atoms with van der Waals surface area (Å²) < 4.78 is 49.7. The fourth-order valence-electron chi connectivity index (χ4n) is 2.36. The van der Waals surface area contributed by atoms with Gasteiger partial charge in [0.1, 0.15) is 18.1 Å². The number of rotatable bonds is 6. The van der Waals surface area contributed by atoms with E-state index < -0.39 is 23.4 Å². The van der Waals surface area contributed by atoms with Gasteiger partial charge in [-0.2, -0.15) is 10.3 Å². The van der Waals surface area contributed by atoms with Gasteiger partial charge < -0.3 is 9.47 Å². The van der Waals surface area contributed by atoms with Crippen LogP contribution in [0.2, 0.25) is 0 Å². The summed E-state index contributed by atoms with van der Waals surface area (Å²) in [6.45, 7) is 1.84. The van der Waals surface area contributed by atoms with E-state index in [9.17, 15) is 18.0 Å². The van der Waals surface area contributed by atoms with Gasteiger partial charge in [0.05, 0.1) is 6.61 Å². The first-order valence-electron chi connectivity index (χ1n) is 7.94. The number of nitrogens with zero attached hydrogens (tertiary/aromatic N) is 2. The van der Waals surface area contributed by atoms with Crippen molar-refractivity contribution in [2.24, 2.45) is 0 Å². The van der Waals surface area contributed by atoms with Crippen LogP contribution < -0.4 is 4.74 Å². The van der Waals surface area contributed by atoms with Gasteiger partial charge in [-0.05, 0) is 18.6 Å². The normalized spacial score (nSPS) is 10.7. The SMILES string of the molecule is CCOC(=O)c1n[nH]nc1-c1cccc(COc2cc(F)c(F)c(F)c2)c1. The first kappa shape index (κ1) is 18.4. The largest absolute Gasteiger partial charge is 0.489 e. The molecule has 0 amide bonds. The summed E-state index contributed by atoms with van der Waals surface area (Å²) in [5.74, 6) is -4.98. The zero-order valence-corrected chi connectivity index (χ0v) is 14.1. The van der Waals surface area contributed by atoms with Crippen molar-refractivity contribution >= 4 is 5.97 Å². The van der Waals surface area contributed by atoms with Crippen molar-refractivity contribution in [3.63, 3.8) is 0 Å². The molecular formula is C18H14F3N3O3. The maximum atomic E-state index is 13.2. The third-order valence-electron chi connectivity index (χ3n) is 3.58. The number of ether oxygens (including phenoxy) is 2. The topological polar surface area (TPSA) is 77.1 Å². The standard InChI is InChI=1S/C18H14F3N3O3/c1-2-26-18(25)17-16(22-24-23-17)11-5-3-4-10(6-11)9-27-12-7-13(19)15(21)14(20)8-12/h3-8H,2,9H2,1H3,(H,22,23,24). The van der Waals surface area contributed by atoms with Gasteiger partial charge >= 0.3 is 5.97 Å². The van der Waals surface area contributed by atoms with Crippen LogP contribution >= 0.6 is 0 Å². The monoisotopic (exact) mass is 377 g/mol. The molecule has 9 heteroatoms. The molecule has 0 fully saturated rings. The van der Waals surface area contributed by atoms with Crippen LogP contribution in [-0.4, -0.2) is 28.0 Å². The molecule has 1 N–H and O–H groups in total. The molecule has 0 bridgehead atoms. The van der Waals surface area contributed by atoms with Gasteiger partial charge in [-0.15, -0.1) is 5.10 Å². The minimum absolute atomic E-state index is 0.0368. The van der Waals surface area contributed by atoms with Crippen LogP contribution in [0.15, 0.2) is 36.4 Å². The zero-order valence-electron chi connectivity index (χ0n) is 14.1. The van der Waals surface area contributed by atoms with E-state index in [1.54, 1.807) is 31.2 Å². The summed E-state index contributed by atoms with van der Waals surface area (Å²) in [4.78, 5) is 11.9. The van der Waals surface area contributed by atoms with E-state index in [-0.39, 0.29) is 24.7 Å². The number of carbonyl (C=O) groups is 1. The minimum atomic E-state index is -1.55. The summed E-state index contributed by atoms with van der Waals surface area (Å²) in [5, 5.41) is 10.1. The molecule has 0 radical (unpaired) electrons. The average molecular weight is 377 g/mol. The first-order chi connectivity index (χ1) is 13.0. The number of nitrogens with one attached hydrogen (secondary N) is 1. The molecule has 3 rings (SSSR count). The number of benzene rings is 2. The van der Waals surface area contributed by atoms with Crippen molar-refractivity contribution in [1.82, 2.24) is 15.4 Å². The zero-order chi connectivity index (χ0) is 19.4. The predicted molar refractivity (Wildman–Crippen MR) is 88.4 cm³/mol. The van der Waals surface area contributed by atoms with Crippen LogP contribution in [-0.2, 0) is 11.3 Å². The van der Waals surface area contributed by atoms with E-state index in [4.69, 9.17) is 9.47 Å². The summed E-state index contributed by atoms with van der Waals surface area (Å²) in [6, 6.07) is 8.32. The van der Waals surface area contributed by atoms with Gasteiger partial charge in [0.15, 0.2) is 23.1 Å². The fraction of sp³-hybridized carbons (Fsp3) is 0.167. The summed E-state index contributed by atoms with van der Waals surface area (Å²) in [5.41, 5.74) is 1.55. The quantitative estimate of drug-likeness (QED) is 0.524. The molecule has 0 aliphatic carbocycles. The summed E-state index contributed by atoms with van der Waals surface area (Å²) in [7, 11) is 0.